The smallest absolute Gasteiger partial charge is 0.274 e. The fraction of sp³-hybridized carbons (Fsp3) is 0.300. The van der Waals surface area contributed by atoms with Crippen molar-refractivity contribution in [3.05, 3.63) is 64.6 Å². The van der Waals surface area contributed by atoms with Crippen LogP contribution in [0.5, 0.6) is 0 Å². The highest BCUT2D eigenvalue weighted by molar-refractivity contribution is 7.13. The molecule has 1 amide bonds. The van der Waals surface area contributed by atoms with Crippen LogP contribution in [-0.4, -0.2) is 23.6 Å². The number of hydrogen-bond acceptors (Lipinski definition) is 5. The van der Waals surface area contributed by atoms with Crippen LogP contribution in [0.3, 0.4) is 0 Å². The van der Waals surface area contributed by atoms with E-state index in [2.05, 4.69) is 10.3 Å². The molecule has 0 unspecified atom stereocenters. The molecule has 4 rings (SSSR count). The highest BCUT2D eigenvalue weighted by Gasteiger charge is 2.30. The minimum Gasteiger partial charge on any atom is -0.440 e. The number of amides is 1. The van der Waals surface area contributed by atoms with Crippen molar-refractivity contribution in [3.63, 3.8) is 0 Å². The van der Waals surface area contributed by atoms with Crippen molar-refractivity contribution < 1.29 is 18.3 Å². The van der Waals surface area contributed by atoms with Crippen molar-refractivity contribution >= 4 is 17.2 Å². The van der Waals surface area contributed by atoms with Crippen molar-refractivity contribution in [1.29, 1.82) is 0 Å². The van der Waals surface area contributed by atoms with Crippen molar-refractivity contribution in [2.75, 3.05) is 6.61 Å². The number of rotatable bonds is 5. The van der Waals surface area contributed by atoms with Crippen molar-refractivity contribution in [2.45, 2.75) is 31.9 Å². The molecule has 1 fully saturated rings. The van der Waals surface area contributed by atoms with Crippen LogP contribution < -0.4 is 5.32 Å². The summed E-state index contributed by atoms with van der Waals surface area (Å²) in [6, 6.07) is 9.55. The van der Waals surface area contributed by atoms with Gasteiger partial charge in [0.2, 0.25) is 5.89 Å². The number of carbonyl (C=O) groups is 1. The fourth-order valence-electron chi connectivity index (χ4n) is 3.25. The molecule has 1 aromatic carbocycles. The molecule has 0 radical (unpaired) electrons. The molecular formula is C20H19FN2O3S. The Morgan fingerprint density at radius 3 is 2.81 bits per heavy atom. The summed E-state index contributed by atoms with van der Waals surface area (Å²) in [4.78, 5) is 18.1. The second kappa shape index (κ2) is 7.62. The Labute approximate surface area is 160 Å². The van der Waals surface area contributed by atoms with E-state index in [4.69, 9.17) is 9.15 Å². The minimum absolute atomic E-state index is 0.150. The molecule has 2 aromatic heterocycles. The van der Waals surface area contributed by atoms with E-state index >= 15 is 0 Å². The Morgan fingerprint density at radius 1 is 1.33 bits per heavy atom. The molecule has 0 saturated carbocycles. The van der Waals surface area contributed by atoms with Gasteiger partial charge < -0.3 is 14.5 Å². The molecule has 140 valence electrons. The van der Waals surface area contributed by atoms with E-state index in [1.807, 2.05) is 17.5 Å². The Morgan fingerprint density at radius 2 is 2.15 bits per heavy atom. The van der Waals surface area contributed by atoms with E-state index < -0.39 is 0 Å². The average molecular weight is 386 g/mol. The predicted octanol–water partition coefficient (Wildman–Crippen LogP) is 4.50. The van der Waals surface area contributed by atoms with E-state index in [0.29, 0.717) is 18.3 Å². The first-order valence-corrected chi connectivity index (χ1v) is 9.69. The third kappa shape index (κ3) is 3.79. The van der Waals surface area contributed by atoms with Gasteiger partial charge in [-0.1, -0.05) is 18.2 Å². The lowest BCUT2D eigenvalue weighted by Gasteiger charge is -2.24. The molecule has 5 nitrogen and oxygen atoms in total. The number of carbonyl (C=O) groups excluding carboxylic acids is 1. The van der Waals surface area contributed by atoms with Gasteiger partial charge in [0.1, 0.15) is 11.6 Å². The standard InChI is InChI=1S/C20H19FN2O3S/c1-12-17(23-20(26-12)16-5-3-11-27-16)19(24)22-18(15-4-2-10-25-15)13-6-8-14(21)9-7-13/h3,5-9,11,15,18H,2,4,10H2,1H3,(H,22,24)/t15-,18-/m0/s1. The molecule has 1 N–H and O–H groups in total. The van der Waals surface area contributed by atoms with E-state index in [1.54, 1.807) is 19.1 Å². The number of aromatic nitrogens is 1. The zero-order chi connectivity index (χ0) is 18.8. The average Bonchev–Trinajstić information content (AvgIpc) is 3.41. The molecule has 0 aliphatic carbocycles. The highest BCUT2D eigenvalue weighted by atomic mass is 32.1. The van der Waals surface area contributed by atoms with Gasteiger partial charge >= 0.3 is 0 Å². The molecule has 2 atom stereocenters. The second-order valence-corrected chi connectivity index (χ2v) is 7.40. The number of nitrogens with one attached hydrogen (secondary N) is 1. The van der Waals surface area contributed by atoms with Crippen LogP contribution in [0.2, 0.25) is 0 Å². The molecular weight excluding hydrogens is 367 g/mol. The van der Waals surface area contributed by atoms with Crippen LogP contribution in [-0.2, 0) is 4.74 Å². The molecule has 0 bridgehead atoms. The summed E-state index contributed by atoms with van der Waals surface area (Å²) < 4.78 is 24.8. The summed E-state index contributed by atoms with van der Waals surface area (Å²) in [7, 11) is 0. The zero-order valence-corrected chi connectivity index (χ0v) is 15.6. The Kier molecular flexibility index (Phi) is 5.05. The van der Waals surface area contributed by atoms with Gasteiger partial charge in [0, 0.05) is 6.61 Å². The number of halogens is 1. The molecule has 1 aliphatic rings. The quantitative estimate of drug-likeness (QED) is 0.701. The lowest BCUT2D eigenvalue weighted by Crippen LogP contribution is -2.36. The first-order chi connectivity index (χ1) is 13.1. The number of hydrogen-bond donors (Lipinski definition) is 1. The largest absolute Gasteiger partial charge is 0.440 e. The number of aryl methyl sites for hydroxylation is 1. The van der Waals surface area contributed by atoms with Crippen LogP contribution >= 0.6 is 11.3 Å². The van der Waals surface area contributed by atoms with E-state index in [9.17, 15) is 9.18 Å². The van der Waals surface area contributed by atoms with Crippen molar-refractivity contribution in [1.82, 2.24) is 10.3 Å². The number of ether oxygens (including phenoxy) is 1. The van der Waals surface area contributed by atoms with Gasteiger partial charge in [-0.2, -0.15) is 0 Å². The van der Waals surface area contributed by atoms with Gasteiger partial charge in [-0.05, 0) is 48.9 Å². The molecule has 0 spiro atoms. The number of nitrogens with zero attached hydrogens (tertiary/aromatic N) is 1. The topological polar surface area (TPSA) is 64.4 Å². The second-order valence-electron chi connectivity index (χ2n) is 6.46. The zero-order valence-electron chi connectivity index (χ0n) is 14.8. The lowest BCUT2D eigenvalue weighted by molar-refractivity contribution is 0.0669. The van der Waals surface area contributed by atoms with Gasteiger partial charge in [-0.3, -0.25) is 4.79 Å². The molecule has 3 aromatic rings. The Balaban J connectivity index is 1.59. The van der Waals surface area contributed by atoms with Gasteiger partial charge in [-0.15, -0.1) is 11.3 Å². The van der Waals surface area contributed by atoms with Gasteiger partial charge in [0.25, 0.3) is 5.91 Å². The number of thiophene rings is 1. The van der Waals surface area contributed by atoms with Crippen molar-refractivity contribution in [3.8, 4) is 10.8 Å². The van der Waals surface area contributed by atoms with E-state index in [0.717, 1.165) is 23.3 Å². The van der Waals surface area contributed by atoms with Gasteiger partial charge in [0.15, 0.2) is 5.69 Å². The monoisotopic (exact) mass is 386 g/mol. The fourth-order valence-corrected chi connectivity index (χ4v) is 3.90. The maximum Gasteiger partial charge on any atom is 0.274 e. The maximum atomic E-state index is 13.3. The SMILES string of the molecule is Cc1oc(-c2cccs2)nc1C(=O)N[C@@H](c1ccc(F)cc1)[C@@H]1CCCO1. The lowest BCUT2D eigenvalue weighted by atomic mass is 9.99. The van der Waals surface area contributed by atoms with Gasteiger partial charge in [-0.25, -0.2) is 9.37 Å². The summed E-state index contributed by atoms with van der Waals surface area (Å²) in [5.41, 5.74) is 1.06. The molecule has 3 heterocycles. The summed E-state index contributed by atoms with van der Waals surface area (Å²) >= 11 is 1.50. The van der Waals surface area contributed by atoms with Crippen molar-refractivity contribution in [2.24, 2.45) is 0 Å². The third-order valence-electron chi connectivity index (χ3n) is 4.60. The molecule has 1 aliphatic heterocycles. The number of benzene rings is 1. The Hall–Kier alpha value is -2.51. The molecule has 7 heteroatoms. The molecule has 1 saturated heterocycles. The van der Waals surface area contributed by atoms with Crippen LogP contribution in [0.15, 0.2) is 46.2 Å². The highest BCUT2D eigenvalue weighted by Crippen LogP contribution is 2.29. The van der Waals surface area contributed by atoms with Gasteiger partial charge in [0.05, 0.1) is 17.0 Å². The maximum absolute atomic E-state index is 13.3. The van der Waals surface area contributed by atoms with E-state index in [-0.39, 0.29) is 29.6 Å². The predicted molar refractivity (Wildman–Crippen MR) is 100 cm³/mol. The summed E-state index contributed by atoms with van der Waals surface area (Å²) in [6.07, 6.45) is 1.62. The Bertz CT molecular complexity index is 915. The first kappa shape index (κ1) is 17.9. The van der Waals surface area contributed by atoms with Crippen LogP contribution in [0.1, 0.15) is 40.7 Å². The van der Waals surface area contributed by atoms with Crippen LogP contribution in [0.25, 0.3) is 10.8 Å². The minimum atomic E-state index is -0.373. The first-order valence-electron chi connectivity index (χ1n) is 8.81. The van der Waals surface area contributed by atoms with Crippen LogP contribution in [0, 0.1) is 12.7 Å². The number of oxazole rings is 1. The third-order valence-corrected chi connectivity index (χ3v) is 5.45. The summed E-state index contributed by atoms with van der Waals surface area (Å²) in [5, 5.41) is 4.93. The normalized spacial score (nSPS) is 17.8. The van der Waals surface area contributed by atoms with E-state index in [1.165, 1.54) is 23.5 Å². The summed E-state index contributed by atoms with van der Waals surface area (Å²) in [6.45, 7) is 2.38. The van der Waals surface area contributed by atoms with Crippen LogP contribution in [0.4, 0.5) is 4.39 Å². The summed E-state index contributed by atoms with van der Waals surface area (Å²) in [5.74, 6) is 0.247. The molecule has 27 heavy (non-hydrogen) atoms.